The molecule has 0 nitrogen and oxygen atoms in total. The van der Waals surface area contributed by atoms with Gasteiger partial charge in [-0.2, -0.15) is 0 Å². The van der Waals surface area contributed by atoms with Crippen LogP contribution in [0.15, 0.2) is 115 Å². The zero-order valence-electron chi connectivity index (χ0n) is 20.4. The molecule has 0 bridgehead atoms. The van der Waals surface area contributed by atoms with E-state index in [1.807, 2.05) is 0 Å². The van der Waals surface area contributed by atoms with E-state index in [0.717, 1.165) is 6.42 Å². The predicted octanol–water partition coefficient (Wildman–Crippen LogP) is 8.88. The van der Waals surface area contributed by atoms with Crippen molar-refractivity contribution in [3.8, 4) is 11.1 Å². The van der Waals surface area contributed by atoms with Gasteiger partial charge in [-0.1, -0.05) is 123 Å². The number of hydrogen-bond acceptors (Lipinski definition) is 0. The summed E-state index contributed by atoms with van der Waals surface area (Å²) in [6.45, 7) is 4.89. The Morgan fingerprint density at radius 3 is 2.40 bits per heavy atom. The molecular formula is C35H30. The van der Waals surface area contributed by atoms with E-state index >= 15 is 0 Å². The molecule has 170 valence electrons. The molecule has 3 atom stereocenters. The second kappa shape index (κ2) is 7.68. The molecule has 0 saturated carbocycles. The van der Waals surface area contributed by atoms with Crippen LogP contribution in [0.25, 0.3) is 28.0 Å². The van der Waals surface area contributed by atoms with Crippen molar-refractivity contribution in [2.75, 3.05) is 0 Å². The Bertz CT molecular complexity index is 1560. The van der Waals surface area contributed by atoms with Crippen LogP contribution in [-0.2, 0) is 11.8 Å². The van der Waals surface area contributed by atoms with Crippen LogP contribution in [-0.4, -0.2) is 0 Å². The minimum absolute atomic E-state index is 0.0964. The Morgan fingerprint density at radius 1 is 0.714 bits per heavy atom. The Morgan fingerprint density at radius 2 is 1.49 bits per heavy atom. The highest BCUT2D eigenvalue weighted by molar-refractivity contribution is 5.87. The number of fused-ring (bicyclic) bond motifs is 5. The van der Waals surface area contributed by atoms with Gasteiger partial charge in [-0.3, -0.25) is 0 Å². The van der Waals surface area contributed by atoms with Gasteiger partial charge in [0.2, 0.25) is 0 Å². The van der Waals surface area contributed by atoms with E-state index in [4.69, 9.17) is 0 Å². The SMILES string of the molecule is CC1(C)c2cc(-c3ccc4ccccc4c3)ccc2C2C=CC(C3C=Cc4ccccc4C3)=CC21. The Kier molecular flexibility index (Phi) is 4.55. The first-order valence-electron chi connectivity index (χ1n) is 12.9. The molecule has 0 N–H and O–H groups in total. The molecule has 0 radical (unpaired) electrons. The van der Waals surface area contributed by atoms with Gasteiger partial charge in [0.15, 0.2) is 0 Å². The van der Waals surface area contributed by atoms with E-state index in [1.165, 1.54) is 49.7 Å². The average Bonchev–Trinajstić information content (AvgIpc) is 3.13. The quantitative estimate of drug-likeness (QED) is 0.286. The van der Waals surface area contributed by atoms with Crippen molar-refractivity contribution in [3.63, 3.8) is 0 Å². The van der Waals surface area contributed by atoms with Crippen LogP contribution < -0.4 is 0 Å². The van der Waals surface area contributed by atoms with Crippen molar-refractivity contribution >= 4 is 16.8 Å². The fraction of sp³-hybridized carbons (Fsp3) is 0.200. The van der Waals surface area contributed by atoms with Crippen LogP contribution >= 0.6 is 0 Å². The van der Waals surface area contributed by atoms with Crippen molar-refractivity contribution in [2.45, 2.75) is 31.6 Å². The third-order valence-corrected chi connectivity index (χ3v) is 8.71. The molecule has 4 aromatic carbocycles. The number of benzene rings is 4. The molecule has 0 fully saturated rings. The van der Waals surface area contributed by atoms with Crippen LogP contribution in [0.5, 0.6) is 0 Å². The van der Waals surface area contributed by atoms with Gasteiger partial charge in [-0.15, -0.1) is 0 Å². The minimum Gasteiger partial charge on any atom is -0.0761 e. The molecule has 3 aliphatic carbocycles. The molecule has 0 aliphatic heterocycles. The first-order valence-corrected chi connectivity index (χ1v) is 12.9. The second-order valence-electron chi connectivity index (χ2n) is 11.0. The van der Waals surface area contributed by atoms with E-state index in [0.29, 0.717) is 17.8 Å². The third kappa shape index (κ3) is 3.27. The molecule has 0 saturated heterocycles. The predicted molar refractivity (Wildman–Crippen MR) is 149 cm³/mol. The standard InChI is InChI=1S/C35H30/c1-35(2)33-21-29(27-13-11-23-7-3-5-9-25(23)19-27)15-17-31(33)32-18-16-30(22-34(32)35)28-14-12-24-8-4-6-10-26(24)20-28/h3-19,21-22,28,32,34H,20H2,1-2H3. The van der Waals surface area contributed by atoms with Crippen LogP contribution in [0.4, 0.5) is 0 Å². The maximum Gasteiger partial charge on any atom is 0.00955 e. The summed E-state index contributed by atoms with van der Waals surface area (Å²) >= 11 is 0. The molecule has 0 spiro atoms. The summed E-state index contributed by atoms with van der Waals surface area (Å²) in [5.41, 5.74) is 10.0. The molecule has 3 aliphatic rings. The first-order chi connectivity index (χ1) is 17.1. The zero-order chi connectivity index (χ0) is 23.6. The third-order valence-electron chi connectivity index (χ3n) is 8.71. The van der Waals surface area contributed by atoms with E-state index in [2.05, 4.69) is 129 Å². The molecular weight excluding hydrogens is 420 g/mol. The van der Waals surface area contributed by atoms with E-state index < -0.39 is 0 Å². The van der Waals surface area contributed by atoms with Crippen LogP contribution in [0.3, 0.4) is 0 Å². The second-order valence-corrected chi connectivity index (χ2v) is 11.0. The molecule has 7 rings (SSSR count). The topological polar surface area (TPSA) is 0 Å². The van der Waals surface area contributed by atoms with E-state index in [9.17, 15) is 0 Å². The van der Waals surface area contributed by atoms with Crippen LogP contribution in [0.1, 0.15) is 42.0 Å². The molecule has 0 heteroatoms. The lowest BCUT2D eigenvalue weighted by Crippen LogP contribution is -2.26. The van der Waals surface area contributed by atoms with Crippen molar-refractivity contribution in [1.82, 2.24) is 0 Å². The Hall–Kier alpha value is -3.64. The summed E-state index contributed by atoms with van der Waals surface area (Å²) < 4.78 is 0. The molecule has 4 aromatic rings. The summed E-state index contributed by atoms with van der Waals surface area (Å²) in [5, 5.41) is 2.60. The van der Waals surface area contributed by atoms with Crippen molar-refractivity contribution in [2.24, 2.45) is 11.8 Å². The summed E-state index contributed by atoms with van der Waals surface area (Å²) in [6, 6.07) is 31.5. The zero-order valence-corrected chi connectivity index (χ0v) is 20.4. The molecule has 35 heavy (non-hydrogen) atoms. The van der Waals surface area contributed by atoms with Gasteiger partial charge in [-0.05, 0) is 73.5 Å². The number of hydrogen-bond donors (Lipinski definition) is 0. The van der Waals surface area contributed by atoms with Crippen molar-refractivity contribution in [1.29, 1.82) is 0 Å². The summed E-state index contributed by atoms with van der Waals surface area (Å²) in [7, 11) is 0. The van der Waals surface area contributed by atoms with Crippen molar-refractivity contribution < 1.29 is 0 Å². The molecule has 0 heterocycles. The summed E-state index contributed by atoms with van der Waals surface area (Å²) in [4.78, 5) is 0. The fourth-order valence-electron chi connectivity index (χ4n) is 6.67. The average molecular weight is 451 g/mol. The first kappa shape index (κ1) is 20.7. The van der Waals surface area contributed by atoms with Crippen LogP contribution in [0.2, 0.25) is 0 Å². The summed E-state index contributed by atoms with van der Waals surface area (Å²) in [6.07, 6.45) is 13.3. The van der Waals surface area contributed by atoms with Gasteiger partial charge < -0.3 is 0 Å². The van der Waals surface area contributed by atoms with Gasteiger partial charge in [-0.25, -0.2) is 0 Å². The molecule has 0 aromatic heterocycles. The van der Waals surface area contributed by atoms with Crippen molar-refractivity contribution in [3.05, 3.63) is 137 Å². The lowest BCUT2D eigenvalue weighted by Gasteiger charge is -2.33. The lowest BCUT2D eigenvalue weighted by molar-refractivity contribution is 0.390. The highest BCUT2D eigenvalue weighted by Gasteiger charge is 2.45. The number of rotatable bonds is 2. The number of allylic oxidation sites excluding steroid dienone is 5. The maximum absolute atomic E-state index is 2.60. The lowest BCUT2D eigenvalue weighted by atomic mass is 9.71. The minimum atomic E-state index is 0.0964. The smallest absolute Gasteiger partial charge is 0.00955 e. The van der Waals surface area contributed by atoms with Gasteiger partial charge in [0.1, 0.15) is 0 Å². The highest BCUT2D eigenvalue weighted by Crippen LogP contribution is 2.54. The van der Waals surface area contributed by atoms with E-state index in [-0.39, 0.29) is 5.41 Å². The van der Waals surface area contributed by atoms with Gasteiger partial charge >= 0.3 is 0 Å². The summed E-state index contributed by atoms with van der Waals surface area (Å²) in [5.74, 6) is 1.43. The van der Waals surface area contributed by atoms with E-state index in [1.54, 1.807) is 0 Å². The maximum atomic E-state index is 2.60. The van der Waals surface area contributed by atoms with Crippen LogP contribution in [0, 0.1) is 11.8 Å². The monoisotopic (exact) mass is 450 g/mol. The fourth-order valence-corrected chi connectivity index (χ4v) is 6.67. The molecule has 3 unspecified atom stereocenters. The Balaban J connectivity index is 1.24. The van der Waals surface area contributed by atoms with Gasteiger partial charge in [0, 0.05) is 11.8 Å². The largest absolute Gasteiger partial charge is 0.0761 e. The Labute approximate surface area is 208 Å². The van der Waals surface area contributed by atoms with Gasteiger partial charge in [0.25, 0.3) is 0 Å². The highest BCUT2D eigenvalue weighted by atomic mass is 14.5. The van der Waals surface area contributed by atoms with Gasteiger partial charge in [0.05, 0.1) is 0 Å². The normalized spacial score (nSPS) is 23.5. The molecule has 0 amide bonds.